The van der Waals surface area contributed by atoms with Crippen molar-refractivity contribution >= 4 is 17.2 Å². The van der Waals surface area contributed by atoms with Crippen molar-refractivity contribution in [3.63, 3.8) is 0 Å². The molecule has 2 N–H and O–H groups in total. The van der Waals surface area contributed by atoms with Crippen LogP contribution < -0.4 is 5.32 Å². The molecule has 1 aliphatic rings. The number of aliphatic hydroxyl groups is 1. The number of amides is 1. The molecule has 0 unspecified atom stereocenters. The molecule has 0 aliphatic heterocycles. The van der Waals surface area contributed by atoms with Gasteiger partial charge in [0.2, 0.25) is 0 Å². The Morgan fingerprint density at radius 3 is 2.87 bits per heavy atom. The Morgan fingerprint density at radius 1 is 1.48 bits per heavy atom. The number of hydrogen-bond acceptors (Lipinski definition) is 4. The first-order valence-electron chi connectivity index (χ1n) is 8.04. The molecule has 124 valence electrons. The molecule has 0 aromatic carbocycles. The molecule has 1 saturated carbocycles. The smallest absolute Gasteiger partial charge is 0.252 e. The fraction of sp³-hybridized carbons (Fsp3) is 0.529. The van der Waals surface area contributed by atoms with Crippen molar-refractivity contribution in [2.75, 3.05) is 0 Å². The SMILES string of the molecule is Cc1nccn1[C@@H]1CC[C@@H](NC(=O)c2csc(C(C)C)c2)[C@H]1O. The van der Waals surface area contributed by atoms with Crippen molar-refractivity contribution in [2.24, 2.45) is 0 Å². The number of aryl methyl sites for hydroxylation is 1. The minimum absolute atomic E-state index is 0.0171. The second-order valence-corrected chi connectivity index (χ2v) is 7.43. The number of thiophene rings is 1. The van der Waals surface area contributed by atoms with Gasteiger partial charge in [0.05, 0.1) is 23.8 Å². The first-order valence-corrected chi connectivity index (χ1v) is 8.92. The van der Waals surface area contributed by atoms with Crippen LogP contribution in [0.1, 0.15) is 59.7 Å². The number of imidazole rings is 1. The summed E-state index contributed by atoms with van der Waals surface area (Å²) < 4.78 is 2.00. The number of aromatic nitrogens is 2. The average Bonchev–Trinajstić information content (AvgIpc) is 3.21. The molecule has 2 aromatic rings. The lowest BCUT2D eigenvalue weighted by atomic mass is 10.1. The van der Waals surface area contributed by atoms with Crippen molar-refractivity contribution < 1.29 is 9.90 Å². The van der Waals surface area contributed by atoms with Crippen LogP contribution in [0.15, 0.2) is 23.8 Å². The van der Waals surface area contributed by atoms with Crippen LogP contribution in [-0.2, 0) is 0 Å². The van der Waals surface area contributed by atoms with E-state index in [0.717, 1.165) is 18.7 Å². The van der Waals surface area contributed by atoms with E-state index in [1.807, 2.05) is 29.1 Å². The van der Waals surface area contributed by atoms with Crippen molar-refractivity contribution in [2.45, 2.75) is 57.7 Å². The monoisotopic (exact) mass is 333 g/mol. The topological polar surface area (TPSA) is 67.2 Å². The zero-order valence-electron chi connectivity index (χ0n) is 13.7. The molecule has 1 fully saturated rings. The van der Waals surface area contributed by atoms with Crippen LogP contribution in [0.3, 0.4) is 0 Å². The molecule has 5 nitrogen and oxygen atoms in total. The molecular formula is C17H23N3O2S. The van der Waals surface area contributed by atoms with Crippen LogP contribution in [0.4, 0.5) is 0 Å². The maximum atomic E-state index is 12.4. The van der Waals surface area contributed by atoms with Gasteiger partial charge >= 0.3 is 0 Å². The molecule has 3 atom stereocenters. The Morgan fingerprint density at radius 2 is 2.26 bits per heavy atom. The fourth-order valence-corrected chi connectivity index (χ4v) is 4.09. The van der Waals surface area contributed by atoms with E-state index in [-0.39, 0.29) is 18.0 Å². The summed E-state index contributed by atoms with van der Waals surface area (Å²) in [5.41, 5.74) is 0.688. The zero-order chi connectivity index (χ0) is 16.6. The number of nitrogens with one attached hydrogen (secondary N) is 1. The third-order valence-corrected chi connectivity index (χ3v) is 5.80. The number of hydrogen-bond donors (Lipinski definition) is 2. The van der Waals surface area contributed by atoms with Gasteiger partial charge in [-0.2, -0.15) is 0 Å². The first-order chi connectivity index (χ1) is 11.0. The van der Waals surface area contributed by atoms with Crippen LogP contribution in [0, 0.1) is 6.92 Å². The lowest BCUT2D eigenvalue weighted by Crippen LogP contribution is -2.42. The summed E-state index contributed by atoms with van der Waals surface area (Å²) in [6.07, 6.45) is 4.66. The van der Waals surface area contributed by atoms with Gasteiger partial charge in [-0.3, -0.25) is 4.79 Å². The zero-order valence-corrected chi connectivity index (χ0v) is 14.5. The Kier molecular flexibility index (Phi) is 4.55. The Hall–Kier alpha value is -1.66. The summed E-state index contributed by atoms with van der Waals surface area (Å²) in [6.45, 7) is 6.16. The standard InChI is InChI=1S/C17H23N3O2S/c1-10(2)15-8-12(9-23-15)17(22)19-13-4-5-14(16(13)21)20-7-6-18-11(20)3/h6-10,13-14,16,21H,4-5H2,1-3H3,(H,19,22)/t13-,14-,16-/m1/s1. The van der Waals surface area contributed by atoms with E-state index in [9.17, 15) is 9.90 Å². The highest BCUT2D eigenvalue weighted by atomic mass is 32.1. The van der Waals surface area contributed by atoms with Gasteiger partial charge in [-0.05, 0) is 31.7 Å². The Balaban J connectivity index is 1.66. The molecule has 0 saturated heterocycles. The molecule has 2 aromatic heterocycles. The summed E-state index contributed by atoms with van der Waals surface area (Å²) in [7, 11) is 0. The van der Waals surface area contributed by atoms with E-state index in [1.165, 1.54) is 4.88 Å². The molecule has 6 heteroatoms. The van der Waals surface area contributed by atoms with Gasteiger partial charge in [0, 0.05) is 22.7 Å². The van der Waals surface area contributed by atoms with Gasteiger partial charge in [-0.25, -0.2) is 4.98 Å². The highest BCUT2D eigenvalue weighted by Gasteiger charge is 2.37. The maximum Gasteiger partial charge on any atom is 0.252 e. The normalized spacial score (nSPS) is 24.3. The highest BCUT2D eigenvalue weighted by molar-refractivity contribution is 7.10. The van der Waals surface area contributed by atoms with Crippen LogP contribution in [0.25, 0.3) is 0 Å². The predicted molar refractivity (Wildman–Crippen MR) is 90.9 cm³/mol. The lowest BCUT2D eigenvalue weighted by Gasteiger charge is -2.22. The van der Waals surface area contributed by atoms with Gasteiger partial charge in [0.25, 0.3) is 5.91 Å². The molecule has 2 heterocycles. The minimum Gasteiger partial charge on any atom is -0.389 e. The van der Waals surface area contributed by atoms with E-state index >= 15 is 0 Å². The van der Waals surface area contributed by atoms with Gasteiger partial charge in [-0.1, -0.05) is 13.8 Å². The highest BCUT2D eigenvalue weighted by Crippen LogP contribution is 2.32. The Labute approximate surface area is 140 Å². The summed E-state index contributed by atoms with van der Waals surface area (Å²) in [4.78, 5) is 17.8. The van der Waals surface area contributed by atoms with Gasteiger partial charge in [0.15, 0.2) is 0 Å². The predicted octanol–water partition coefficient (Wildman–Crippen LogP) is 2.87. The number of carbonyl (C=O) groups is 1. The quantitative estimate of drug-likeness (QED) is 0.904. The summed E-state index contributed by atoms with van der Waals surface area (Å²) in [6, 6.07) is 1.72. The molecule has 1 aliphatic carbocycles. The number of aliphatic hydroxyl groups excluding tert-OH is 1. The molecule has 23 heavy (non-hydrogen) atoms. The minimum atomic E-state index is -0.588. The molecule has 0 spiro atoms. The fourth-order valence-electron chi connectivity index (χ4n) is 3.19. The Bertz CT molecular complexity index is 692. The van der Waals surface area contributed by atoms with Crippen molar-refractivity contribution in [3.05, 3.63) is 40.1 Å². The molecule has 1 amide bonds. The van der Waals surface area contributed by atoms with Gasteiger partial charge in [-0.15, -0.1) is 11.3 Å². The summed E-state index contributed by atoms with van der Waals surface area (Å²) in [5.74, 6) is 1.22. The maximum absolute atomic E-state index is 12.4. The lowest BCUT2D eigenvalue weighted by molar-refractivity contribution is 0.0812. The average molecular weight is 333 g/mol. The number of nitrogens with zero attached hydrogens (tertiary/aromatic N) is 2. The van der Waals surface area contributed by atoms with Crippen LogP contribution >= 0.6 is 11.3 Å². The van der Waals surface area contributed by atoms with Crippen LogP contribution in [0.5, 0.6) is 0 Å². The third-order valence-electron chi connectivity index (χ3n) is 4.57. The third kappa shape index (κ3) is 3.19. The van der Waals surface area contributed by atoms with Crippen LogP contribution in [-0.4, -0.2) is 32.7 Å². The van der Waals surface area contributed by atoms with Crippen molar-refractivity contribution in [1.29, 1.82) is 0 Å². The first kappa shape index (κ1) is 16.2. The molecular weight excluding hydrogens is 310 g/mol. The summed E-state index contributed by atoms with van der Waals surface area (Å²) >= 11 is 1.61. The molecule has 0 radical (unpaired) electrons. The van der Waals surface area contributed by atoms with E-state index in [2.05, 4.69) is 24.1 Å². The molecule has 0 bridgehead atoms. The van der Waals surface area contributed by atoms with Gasteiger partial charge in [0.1, 0.15) is 5.82 Å². The van der Waals surface area contributed by atoms with E-state index in [4.69, 9.17) is 0 Å². The van der Waals surface area contributed by atoms with E-state index < -0.39 is 6.10 Å². The second-order valence-electron chi connectivity index (χ2n) is 6.49. The number of carbonyl (C=O) groups excluding carboxylic acids is 1. The summed E-state index contributed by atoms with van der Waals surface area (Å²) in [5, 5.41) is 15.5. The van der Waals surface area contributed by atoms with E-state index in [0.29, 0.717) is 11.5 Å². The largest absolute Gasteiger partial charge is 0.389 e. The van der Waals surface area contributed by atoms with E-state index in [1.54, 1.807) is 17.5 Å². The number of rotatable bonds is 4. The van der Waals surface area contributed by atoms with Crippen molar-refractivity contribution in [3.8, 4) is 0 Å². The van der Waals surface area contributed by atoms with Gasteiger partial charge < -0.3 is 15.0 Å². The van der Waals surface area contributed by atoms with Crippen molar-refractivity contribution in [1.82, 2.24) is 14.9 Å². The van der Waals surface area contributed by atoms with Crippen LogP contribution in [0.2, 0.25) is 0 Å². The second kappa shape index (κ2) is 6.45. The molecule has 3 rings (SSSR count).